The summed E-state index contributed by atoms with van der Waals surface area (Å²) >= 11 is 0. The molecule has 7 heteroatoms. The molecular weight excluding hydrogens is 458 g/mol. The van der Waals surface area contributed by atoms with Gasteiger partial charge in [-0.2, -0.15) is 4.31 Å². The number of hydrogen-bond donors (Lipinski definition) is 2. The Morgan fingerprint density at radius 3 is 2.49 bits per heavy atom. The Balaban J connectivity index is 1.34. The van der Waals surface area contributed by atoms with Crippen molar-refractivity contribution >= 4 is 21.6 Å². The topological polar surface area (TPSA) is 78.5 Å². The molecule has 0 radical (unpaired) electrons. The van der Waals surface area contributed by atoms with Crippen LogP contribution in [0.1, 0.15) is 68.1 Å². The second-order valence-electron chi connectivity index (χ2n) is 10.5. The number of para-hydroxylation sites is 1. The lowest BCUT2D eigenvalue weighted by Crippen LogP contribution is -2.57. The molecule has 2 fully saturated rings. The fourth-order valence-corrected chi connectivity index (χ4v) is 7.78. The van der Waals surface area contributed by atoms with Crippen LogP contribution in [0.3, 0.4) is 0 Å². The van der Waals surface area contributed by atoms with E-state index in [0.717, 1.165) is 56.2 Å². The summed E-state index contributed by atoms with van der Waals surface area (Å²) in [5.74, 6) is 0.304. The van der Waals surface area contributed by atoms with Crippen LogP contribution >= 0.6 is 0 Å². The fourth-order valence-electron chi connectivity index (χ4n) is 6.20. The molecule has 2 heterocycles. The normalized spacial score (nSPS) is 23.5. The summed E-state index contributed by atoms with van der Waals surface area (Å²) in [5.41, 5.74) is 3.64. The Morgan fingerprint density at radius 1 is 1.03 bits per heavy atom. The van der Waals surface area contributed by atoms with Crippen LogP contribution in [-0.4, -0.2) is 37.3 Å². The second-order valence-corrected chi connectivity index (χ2v) is 12.4. The zero-order chi connectivity index (χ0) is 24.5. The number of carbonyl (C=O) groups excluding carboxylic acids is 1. The molecule has 3 aliphatic rings. The quantitative estimate of drug-likeness (QED) is 0.605. The first kappa shape index (κ1) is 24.3. The standard InChI is InChI=1S/C28H37N3O3S/c1-21-10-8-12-23-19-28(30-26(21)23,24-13-4-2-5-14-24)27(32)29-20-22-11-9-15-25(18-22)35(33,34)31-16-6-3-7-17-31/h8-12,15,18,24,30H,2-7,13-14,16-17,19-20H2,1H3,(H,29,32). The SMILES string of the molecule is Cc1cccc2c1NC(C(=O)NCc1cccc(S(=O)(=O)N3CCCCC3)c1)(C1CCCCC1)C2. The molecular formula is C28H37N3O3S. The van der Waals surface area contributed by atoms with Crippen molar-refractivity contribution in [3.05, 3.63) is 59.2 Å². The van der Waals surface area contributed by atoms with Crippen molar-refractivity contribution in [3.63, 3.8) is 0 Å². The molecule has 1 unspecified atom stereocenters. The number of benzene rings is 2. The van der Waals surface area contributed by atoms with Gasteiger partial charge in [-0.15, -0.1) is 0 Å². The third kappa shape index (κ3) is 4.73. The molecule has 2 aliphatic heterocycles. The van der Waals surface area contributed by atoms with Gasteiger partial charge in [-0.3, -0.25) is 4.79 Å². The maximum atomic E-state index is 13.8. The van der Waals surface area contributed by atoms with Crippen molar-refractivity contribution < 1.29 is 13.2 Å². The molecule has 0 bridgehead atoms. The van der Waals surface area contributed by atoms with E-state index in [1.54, 1.807) is 22.5 Å². The van der Waals surface area contributed by atoms with Crippen molar-refractivity contribution in [1.29, 1.82) is 0 Å². The van der Waals surface area contributed by atoms with Gasteiger partial charge in [-0.25, -0.2) is 8.42 Å². The molecule has 188 valence electrons. The predicted molar refractivity (Wildman–Crippen MR) is 139 cm³/mol. The molecule has 2 aromatic carbocycles. The van der Waals surface area contributed by atoms with Gasteiger partial charge < -0.3 is 10.6 Å². The van der Waals surface area contributed by atoms with E-state index in [1.165, 1.54) is 17.5 Å². The minimum absolute atomic E-state index is 0.0179. The average molecular weight is 496 g/mol. The van der Waals surface area contributed by atoms with E-state index in [1.807, 2.05) is 6.07 Å². The van der Waals surface area contributed by atoms with Crippen LogP contribution in [-0.2, 0) is 27.8 Å². The van der Waals surface area contributed by atoms with E-state index in [9.17, 15) is 13.2 Å². The zero-order valence-electron chi connectivity index (χ0n) is 20.7. The zero-order valence-corrected chi connectivity index (χ0v) is 21.5. The van der Waals surface area contributed by atoms with E-state index < -0.39 is 15.6 Å². The van der Waals surface area contributed by atoms with E-state index in [2.05, 4.69) is 35.8 Å². The number of fused-ring (bicyclic) bond motifs is 1. The molecule has 1 amide bonds. The lowest BCUT2D eigenvalue weighted by Gasteiger charge is -2.39. The van der Waals surface area contributed by atoms with Crippen molar-refractivity contribution in [3.8, 4) is 0 Å². The van der Waals surface area contributed by atoms with Gasteiger partial charge >= 0.3 is 0 Å². The number of aryl methyl sites for hydroxylation is 1. The number of hydrogen-bond acceptors (Lipinski definition) is 4. The Morgan fingerprint density at radius 2 is 1.74 bits per heavy atom. The van der Waals surface area contributed by atoms with E-state index in [-0.39, 0.29) is 11.8 Å². The molecule has 35 heavy (non-hydrogen) atoms. The van der Waals surface area contributed by atoms with E-state index >= 15 is 0 Å². The molecule has 6 nitrogen and oxygen atoms in total. The smallest absolute Gasteiger partial charge is 0.246 e. The maximum Gasteiger partial charge on any atom is 0.246 e. The largest absolute Gasteiger partial charge is 0.370 e. The molecule has 1 atom stereocenters. The van der Waals surface area contributed by atoms with Gasteiger partial charge in [0.1, 0.15) is 5.54 Å². The van der Waals surface area contributed by atoms with Gasteiger partial charge in [-0.05, 0) is 67.3 Å². The molecule has 5 rings (SSSR count). The second kappa shape index (κ2) is 9.94. The molecule has 0 spiro atoms. The maximum absolute atomic E-state index is 13.8. The molecule has 1 saturated carbocycles. The Hall–Kier alpha value is -2.38. The summed E-state index contributed by atoms with van der Waals surface area (Å²) in [5, 5.41) is 6.87. The first-order chi connectivity index (χ1) is 16.9. The Labute approximate surface area is 209 Å². The average Bonchev–Trinajstić information content (AvgIpc) is 3.31. The number of sulfonamides is 1. The van der Waals surface area contributed by atoms with Gasteiger partial charge in [0, 0.05) is 31.7 Å². The van der Waals surface area contributed by atoms with Crippen LogP contribution in [0, 0.1) is 12.8 Å². The number of nitrogens with one attached hydrogen (secondary N) is 2. The van der Waals surface area contributed by atoms with Crippen LogP contribution in [0.4, 0.5) is 5.69 Å². The van der Waals surface area contributed by atoms with Crippen LogP contribution < -0.4 is 10.6 Å². The summed E-state index contributed by atoms with van der Waals surface area (Å²) < 4.78 is 27.9. The van der Waals surface area contributed by atoms with Gasteiger partial charge in [0.15, 0.2) is 0 Å². The van der Waals surface area contributed by atoms with Gasteiger partial charge in [0.2, 0.25) is 15.9 Å². The van der Waals surface area contributed by atoms with Crippen molar-refractivity contribution in [2.45, 2.75) is 81.7 Å². The molecule has 1 saturated heterocycles. The van der Waals surface area contributed by atoms with Gasteiger partial charge in [-0.1, -0.05) is 56.0 Å². The predicted octanol–water partition coefficient (Wildman–Crippen LogP) is 4.77. The number of nitrogens with zero attached hydrogens (tertiary/aromatic N) is 1. The van der Waals surface area contributed by atoms with Crippen molar-refractivity contribution in [2.75, 3.05) is 18.4 Å². The van der Waals surface area contributed by atoms with Crippen LogP contribution in [0.2, 0.25) is 0 Å². The monoisotopic (exact) mass is 495 g/mol. The van der Waals surface area contributed by atoms with Gasteiger partial charge in [0.05, 0.1) is 4.90 Å². The number of carbonyl (C=O) groups is 1. The number of amides is 1. The summed E-state index contributed by atoms with van der Waals surface area (Å²) in [6.07, 6.45) is 9.26. The van der Waals surface area contributed by atoms with E-state index in [0.29, 0.717) is 31.0 Å². The molecule has 2 aromatic rings. The fraction of sp³-hybridized carbons (Fsp3) is 0.536. The molecule has 0 aromatic heterocycles. The summed E-state index contributed by atoms with van der Waals surface area (Å²) in [7, 11) is -3.50. The van der Waals surface area contributed by atoms with Crippen molar-refractivity contribution in [1.82, 2.24) is 9.62 Å². The number of piperidine rings is 1. The van der Waals surface area contributed by atoms with Crippen LogP contribution in [0.15, 0.2) is 47.4 Å². The highest BCUT2D eigenvalue weighted by Gasteiger charge is 2.49. The Bertz CT molecular complexity index is 1180. The van der Waals surface area contributed by atoms with Crippen LogP contribution in [0.25, 0.3) is 0 Å². The highest BCUT2D eigenvalue weighted by atomic mass is 32.2. The van der Waals surface area contributed by atoms with Crippen molar-refractivity contribution in [2.24, 2.45) is 5.92 Å². The molecule has 1 aliphatic carbocycles. The summed E-state index contributed by atoms with van der Waals surface area (Å²) in [4.78, 5) is 14.2. The van der Waals surface area contributed by atoms with Crippen LogP contribution in [0.5, 0.6) is 0 Å². The van der Waals surface area contributed by atoms with Gasteiger partial charge in [0.25, 0.3) is 0 Å². The minimum atomic E-state index is -3.50. The Kier molecular flexibility index (Phi) is 6.91. The third-order valence-corrected chi connectivity index (χ3v) is 10.1. The summed E-state index contributed by atoms with van der Waals surface area (Å²) in [6.45, 7) is 3.57. The number of anilines is 1. The number of rotatable bonds is 6. The summed E-state index contributed by atoms with van der Waals surface area (Å²) in [6, 6.07) is 13.3. The lowest BCUT2D eigenvalue weighted by molar-refractivity contribution is -0.127. The lowest BCUT2D eigenvalue weighted by atomic mass is 9.72. The first-order valence-corrected chi connectivity index (χ1v) is 14.6. The molecule has 2 N–H and O–H groups in total. The van der Waals surface area contributed by atoms with E-state index in [4.69, 9.17) is 0 Å². The highest BCUT2D eigenvalue weighted by Crippen LogP contribution is 2.44. The first-order valence-electron chi connectivity index (χ1n) is 13.1. The minimum Gasteiger partial charge on any atom is -0.370 e. The third-order valence-electron chi connectivity index (χ3n) is 8.19. The highest BCUT2D eigenvalue weighted by molar-refractivity contribution is 7.89.